The molecule has 0 N–H and O–H groups in total. The highest BCUT2D eigenvalue weighted by atomic mass is 32.1. The normalized spacial score (nSPS) is 11.1. The highest BCUT2D eigenvalue weighted by Crippen LogP contribution is 2.32. The standard InChI is InChI=1S/C13H13N3S/c1-2-7-16-9-14-15-13(16)11-8-17-12-6-4-3-5-10(11)12/h3-6,8-9H,2,7H2,1H3. The van der Waals surface area contributed by atoms with Crippen LogP contribution in [0.5, 0.6) is 0 Å². The van der Waals surface area contributed by atoms with E-state index in [4.69, 9.17) is 0 Å². The van der Waals surface area contributed by atoms with Crippen LogP contribution in [0.25, 0.3) is 21.5 Å². The van der Waals surface area contributed by atoms with Gasteiger partial charge in [0.1, 0.15) is 6.33 Å². The minimum atomic E-state index is 0.965. The quantitative estimate of drug-likeness (QED) is 0.704. The molecule has 2 aromatic heterocycles. The lowest BCUT2D eigenvalue weighted by Crippen LogP contribution is -1.97. The Morgan fingerprint density at radius 3 is 3.06 bits per heavy atom. The third kappa shape index (κ3) is 1.74. The third-order valence-corrected chi connectivity index (χ3v) is 3.77. The second kappa shape index (κ2) is 4.30. The average molecular weight is 243 g/mol. The fourth-order valence-electron chi connectivity index (χ4n) is 2.02. The van der Waals surface area contributed by atoms with E-state index in [0.717, 1.165) is 18.8 Å². The van der Waals surface area contributed by atoms with Crippen LogP contribution in [0.4, 0.5) is 0 Å². The molecule has 0 aliphatic rings. The molecule has 2 heterocycles. The number of hydrogen-bond acceptors (Lipinski definition) is 3. The smallest absolute Gasteiger partial charge is 0.165 e. The number of nitrogens with zero attached hydrogens (tertiary/aromatic N) is 3. The number of aromatic nitrogens is 3. The van der Waals surface area contributed by atoms with Crippen LogP contribution >= 0.6 is 11.3 Å². The van der Waals surface area contributed by atoms with Gasteiger partial charge < -0.3 is 4.57 Å². The minimum Gasteiger partial charge on any atom is -0.314 e. The van der Waals surface area contributed by atoms with Crippen LogP contribution < -0.4 is 0 Å². The van der Waals surface area contributed by atoms with E-state index in [9.17, 15) is 0 Å². The summed E-state index contributed by atoms with van der Waals surface area (Å²) in [5.41, 5.74) is 1.19. The van der Waals surface area contributed by atoms with E-state index in [-0.39, 0.29) is 0 Å². The van der Waals surface area contributed by atoms with Crippen molar-refractivity contribution in [2.45, 2.75) is 19.9 Å². The number of rotatable bonds is 3. The second-order valence-electron chi connectivity index (χ2n) is 3.99. The second-order valence-corrected chi connectivity index (χ2v) is 4.90. The summed E-state index contributed by atoms with van der Waals surface area (Å²) >= 11 is 1.76. The molecule has 3 aromatic rings. The van der Waals surface area contributed by atoms with Gasteiger partial charge in [-0.25, -0.2) is 0 Å². The van der Waals surface area contributed by atoms with E-state index in [1.54, 1.807) is 11.3 Å². The van der Waals surface area contributed by atoms with Crippen molar-refractivity contribution >= 4 is 21.4 Å². The zero-order chi connectivity index (χ0) is 11.7. The molecular formula is C13H13N3S. The van der Waals surface area contributed by atoms with Gasteiger partial charge in [-0.3, -0.25) is 0 Å². The molecule has 0 saturated heterocycles. The summed E-state index contributed by atoms with van der Waals surface area (Å²) in [5.74, 6) is 0.976. The molecule has 0 amide bonds. The zero-order valence-electron chi connectivity index (χ0n) is 9.63. The molecule has 0 atom stereocenters. The summed E-state index contributed by atoms with van der Waals surface area (Å²) in [6, 6.07) is 8.43. The molecule has 3 rings (SSSR count). The Labute approximate surface area is 104 Å². The minimum absolute atomic E-state index is 0.965. The molecule has 3 nitrogen and oxygen atoms in total. The molecule has 1 aromatic carbocycles. The van der Waals surface area contributed by atoms with Gasteiger partial charge in [-0.05, 0) is 12.5 Å². The van der Waals surface area contributed by atoms with Gasteiger partial charge in [0.2, 0.25) is 0 Å². The van der Waals surface area contributed by atoms with Crippen molar-refractivity contribution in [3.63, 3.8) is 0 Å². The monoisotopic (exact) mass is 243 g/mol. The van der Waals surface area contributed by atoms with Crippen molar-refractivity contribution in [3.05, 3.63) is 36.0 Å². The third-order valence-electron chi connectivity index (χ3n) is 2.80. The maximum atomic E-state index is 4.25. The molecule has 86 valence electrons. The van der Waals surface area contributed by atoms with E-state index in [1.807, 2.05) is 6.33 Å². The van der Waals surface area contributed by atoms with Gasteiger partial charge in [0.15, 0.2) is 5.82 Å². The first kappa shape index (κ1) is 10.5. The van der Waals surface area contributed by atoms with Crippen LogP contribution in [-0.4, -0.2) is 14.8 Å². The molecular weight excluding hydrogens is 230 g/mol. The summed E-state index contributed by atoms with van der Waals surface area (Å²) in [6.07, 6.45) is 2.90. The largest absolute Gasteiger partial charge is 0.314 e. The van der Waals surface area contributed by atoms with Gasteiger partial charge in [0.25, 0.3) is 0 Å². The summed E-state index contributed by atoms with van der Waals surface area (Å²) in [4.78, 5) is 0. The maximum Gasteiger partial charge on any atom is 0.165 e. The SMILES string of the molecule is CCCn1cnnc1-c1csc2ccccc12. The van der Waals surface area contributed by atoms with Gasteiger partial charge in [-0.1, -0.05) is 25.1 Å². The van der Waals surface area contributed by atoms with Crippen LogP contribution in [0.1, 0.15) is 13.3 Å². The molecule has 0 radical (unpaired) electrons. The van der Waals surface area contributed by atoms with Gasteiger partial charge in [-0.2, -0.15) is 0 Å². The van der Waals surface area contributed by atoms with Crippen LogP contribution in [0.3, 0.4) is 0 Å². The highest BCUT2D eigenvalue weighted by Gasteiger charge is 2.11. The van der Waals surface area contributed by atoms with E-state index in [2.05, 4.69) is 51.3 Å². The lowest BCUT2D eigenvalue weighted by molar-refractivity contribution is 0.683. The molecule has 0 unspecified atom stereocenters. The molecule has 0 fully saturated rings. The van der Waals surface area contributed by atoms with Crippen molar-refractivity contribution in [2.24, 2.45) is 0 Å². The molecule has 0 bridgehead atoms. The fraction of sp³-hybridized carbons (Fsp3) is 0.231. The van der Waals surface area contributed by atoms with E-state index >= 15 is 0 Å². The lowest BCUT2D eigenvalue weighted by atomic mass is 10.1. The number of benzene rings is 1. The Balaban J connectivity index is 2.17. The number of hydrogen-bond donors (Lipinski definition) is 0. The van der Waals surface area contributed by atoms with Gasteiger partial charge >= 0.3 is 0 Å². The Kier molecular flexibility index (Phi) is 2.65. The Morgan fingerprint density at radius 2 is 2.18 bits per heavy atom. The summed E-state index contributed by atoms with van der Waals surface area (Å²) < 4.78 is 3.42. The number of fused-ring (bicyclic) bond motifs is 1. The molecule has 0 spiro atoms. The lowest BCUT2D eigenvalue weighted by Gasteiger charge is -2.03. The number of aryl methyl sites for hydroxylation is 1. The number of thiophene rings is 1. The Bertz CT molecular complexity index is 639. The average Bonchev–Trinajstić information content (AvgIpc) is 2.95. The predicted molar refractivity (Wildman–Crippen MR) is 71.1 cm³/mol. The van der Waals surface area contributed by atoms with E-state index in [1.165, 1.54) is 15.6 Å². The Morgan fingerprint density at radius 1 is 1.29 bits per heavy atom. The van der Waals surface area contributed by atoms with Crippen molar-refractivity contribution in [1.29, 1.82) is 0 Å². The molecule has 0 saturated carbocycles. The van der Waals surface area contributed by atoms with E-state index in [0.29, 0.717) is 0 Å². The van der Waals surface area contributed by atoms with Crippen LogP contribution in [0.15, 0.2) is 36.0 Å². The molecule has 4 heteroatoms. The van der Waals surface area contributed by atoms with E-state index < -0.39 is 0 Å². The van der Waals surface area contributed by atoms with Crippen molar-refractivity contribution < 1.29 is 0 Å². The molecule has 17 heavy (non-hydrogen) atoms. The van der Waals surface area contributed by atoms with Gasteiger partial charge in [0, 0.05) is 27.6 Å². The Hall–Kier alpha value is -1.68. The first-order chi connectivity index (χ1) is 8.40. The zero-order valence-corrected chi connectivity index (χ0v) is 10.4. The first-order valence-corrected chi connectivity index (χ1v) is 6.62. The first-order valence-electron chi connectivity index (χ1n) is 5.74. The summed E-state index contributed by atoms with van der Waals surface area (Å²) in [5, 5.41) is 11.7. The highest BCUT2D eigenvalue weighted by molar-refractivity contribution is 7.17. The van der Waals surface area contributed by atoms with Crippen LogP contribution in [0, 0.1) is 0 Å². The molecule has 0 aliphatic heterocycles. The van der Waals surface area contributed by atoms with Crippen molar-refractivity contribution in [3.8, 4) is 11.4 Å². The van der Waals surface area contributed by atoms with Gasteiger partial charge in [-0.15, -0.1) is 21.5 Å². The fourth-order valence-corrected chi connectivity index (χ4v) is 2.96. The maximum absolute atomic E-state index is 4.25. The topological polar surface area (TPSA) is 30.7 Å². The van der Waals surface area contributed by atoms with Gasteiger partial charge in [0.05, 0.1) is 0 Å². The summed E-state index contributed by atoms with van der Waals surface area (Å²) in [6.45, 7) is 3.13. The van der Waals surface area contributed by atoms with Crippen LogP contribution in [0.2, 0.25) is 0 Å². The molecule has 0 aliphatic carbocycles. The van der Waals surface area contributed by atoms with Crippen molar-refractivity contribution in [2.75, 3.05) is 0 Å². The summed E-state index contributed by atoms with van der Waals surface area (Å²) in [7, 11) is 0. The van der Waals surface area contributed by atoms with Crippen molar-refractivity contribution in [1.82, 2.24) is 14.8 Å². The predicted octanol–water partition coefficient (Wildman–Crippen LogP) is 3.57. The van der Waals surface area contributed by atoms with Crippen LogP contribution in [-0.2, 0) is 6.54 Å².